The minimum atomic E-state index is -0.837. The number of aryl methyl sites for hydroxylation is 2. The van der Waals surface area contributed by atoms with Gasteiger partial charge in [0.15, 0.2) is 0 Å². The van der Waals surface area contributed by atoms with Gasteiger partial charge in [0, 0.05) is 11.0 Å². The summed E-state index contributed by atoms with van der Waals surface area (Å²) in [6, 6.07) is 21.2. The van der Waals surface area contributed by atoms with Gasteiger partial charge in [0.2, 0.25) is 0 Å². The summed E-state index contributed by atoms with van der Waals surface area (Å²) in [4.78, 5) is 11.0. The summed E-state index contributed by atoms with van der Waals surface area (Å²) in [5.74, 6) is 5.67. The number of carboxylic acids is 1. The molecule has 1 aliphatic carbocycles. The van der Waals surface area contributed by atoms with Crippen molar-refractivity contribution in [3.8, 4) is 23.0 Å². The monoisotopic (exact) mass is 508 g/mol. The second-order valence-corrected chi connectivity index (χ2v) is 11.0. The van der Waals surface area contributed by atoms with Crippen molar-refractivity contribution in [1.29, 1.82) is 0 Å². The molecule has 0 heterocycles. The number of benzene rings is 3. The Labute approximate surface area is 227 Å². The Morgan fingerprint density at radius 1 is 0.868 bits per heavy atom. The Morgan fingerprint density at radius 2 is 1.47 bits per heavy atom. The lowest BCUT2D eigenvalue weighted by molar-refractivity contribution is -0.136. The summed E-state index contributed by atoms with van der Waals surface area (Å²) in [6.45, 7) is 8.79. The molecule has 0 spiro atoms. The van der Waals surface area contributed by atoms with E-state index in [9.17, 15) is 9.90 Å². The Balaban J connectivity index is 1.64. The van der Waals surface area contributed by atoms with Gasteiger partial charge in [-0.15, -0.1) is 0 Å². The van der Waals surface area contributed by atoms with Crippen molar-refractivity contribution in [1.82, 2.24) is 0 Å². The summed E-state index contributed by atoms with van der Waals surface area (Å²) in [5, 5.41) is 19.9. The van der Waals surface area contributed by atoms with E-state index >= 15 is 0 Å². The van der Waals surface area contributed by atoms with Gasteiger partial charge in [0.25, 0.3) is 0 Å². The highest BCUT2D eigenvalue weighted by Gasteiger charge is 2.31. The lowest BCUT2D eigenvalue weighted by Crippen LogP contribution is -2.29. The summed E-state index contributed by atoms with van der Waals surface area (Å²) >= 11 is 0. The number of carbonyl (C=O) groups is 1. The summed E-state index contributed by atoms with van der Waals surface area (Å²) in [7, 11) is 0. The zero-order chi connectivity index (χ0) is 27.3. The van der Waals surface area contributed by atoms with Gasteiger partial charge in [0.05, 0.1) is 6.42 Å². The highest BCUT2D eigenvalue weighted by atomic mass is 16.4. The molecule has 0 amide bonds. The van der Waals surface area contributed by atoms with Gasteiger partial charge in [-0.2, -0.15) is 0 Å². The van der Waals surface area contributed by atoms with E-state index in [4.69, 9.17) is 5.11 Å². The van der Waals surface area contributed by atoms with E-state index in [0.29, 0.717) is 0 Å². The van der Waals surface area contributed by atoms with Crippen LogP contribution in [0.25, 0.3) is 11.1 Å². The van der Waals surface area contributed by atoms with Crippen LogP contribution < -0.4 is 0 Å². The Kier molecular flexibility index (Phi) is 8.44. The van der Waals surface area contributed by atoms with Gasteiger partial charge in [-0.1, -0.05) is 86.7 Å². The van der Waals surface area contributed by atoms with Crippen LogP contribution in [0, 0.1) is 25.7 Å². The molecule has 0 radical (unpaired) electrons. The zero-order valence-electron chi connectivity index (χ0n) is 23.2. The van der Waals surface area contributed by atoms with E-state index in [1.807, 2.05) is 24.3 Å². The molecular formula is C35H40O3. The van der Waals surface area contributed by atoms with Crippen LogP contribution in [0.15, 0.2) is 60.7 Å². The van der Waals surface area contributed by atoms with Crippen LogP contribution in [0.1, 0.15) is 92.2 Å². The molecule has 3 aromatic rings. The van der Waals surface area contributed by atoms with Gasteiger partial charge < -0.3 is 10.2 Å². The van der Waals surface area contributed by atoms with Crippen molar-refractivity contribution in [2.24, 2.45) is 0 Å². The zero-order valence-corrected chi connectivity index (χ0v) is 23.2. The molecule has 0 bridgehead atoms. The number of rotatable bonds is 7. The molecule has 0 aliphatic heterocycles. The van der Waals surface area contributed by atoms with E-state index in [-0.39, 0.29) is 11.8 Å². The lowest BCUT2D eigenvalue weighted by Gasteiger charge is -2.34. The van der Waals surface area contributed by atoms with Crippen LogP contribution in [0.3, 0.4) is 0 Å². The third kappa shape index (κ3) is 5.87. The van der Waals surface area contributed by atoms with Crippen LogP contribution in [-0.2, 0) is 16.6 Å². The van der Waals surface area contributed by atoms with E-state index in [1.165, 1.54) is 28.7 Å². The van der Waals surface area contributed by atoms with Crippen molar-refractivity contribution in [2.45, 2.75) is 90.1 Å². The molecule has 0 atom stereocenters. The first-order chi connectivity index (χ1) is 18.2. The highest BCUT2D eigenvalue weighted by molar-refractivity contribution is 5.72. The van der Waals surface area contributed by atoms with Crippen LogP contribution in [-0.4, -0.2) is 21.8 Å². The lowest BCUT2D eigenvalue weighted by atomic mass is 9.69. The van der Waals surface area contributed by atoms with Crippen LogP contribution in [0.4, 0.5) is 0 Å². The molecule has 2 N–H and O–H groups in total. The molecule has 0 saturated heterocycles. The maximum Gasteiger partial charge on any atom is 0.307 e. The van der Waals surface area contributed by atoms with E-state index < -0.39 is 11.6 Å². The van der Waals surface area contributed by atoms with E-state index in [0.717, 1.165) is 60.8 Å². The van der Waals surface area contributed by atoms with E-state index in [2.05, 4.69) is 75.9 Å². The van der Waals surface area contributed by atoms with E-state index in [1.54, 1.807) is 0 Å². The predicted octanol–water partition coefficient (Wildman–Crippen LogP) is 7.75. The smallest absolute Gasteiger partial charge is 0.307 e. The number of aliphatic hydroxyl groups is 1. The normalized spacial score (nSPS) is 15.0. The summed E-state index contributed by atoms with van der Waals surface area (Å²) in [5.41, 5.74) is 8.08. The van der Waals surface area contributed by atoms with Gasteiger partial charge in [0.1, 0.15) is 5.60 Å². The number of carboxylic acid groups (broad SMARTS) is 1. The Bertz CT molecular complexity index is 1340. The second kappa shape index (κ2) is 11.6. The fourth-order valence-corrected chi connectivity index (χ4v) is 6.04. The van der Waals surface area contributed by atoms with Crippen molar-refractivity contribution in [2.75, 3.05) is 0 Å². The maximum atomic E-state index is 11.0. The molecule has 198 valence electrons. The molecule has 1 fully saturated rings. The van der Waals surface area contributed by atoms with Gasteiger partial charge >= 0.3 is 5.97 Å². The second-order valence-electron chi connectivity index (χ2n) is 11.0. The Morgan fingerprint density at radius 3 is 2.03 bits per heavy atom. The fraction of sp³-hybridized carbons (Fsp3) is 0.400. The molecular weight excluding hydrogens is 468 g/mol. The SMILES string of the molecule is CCC(CC)(c1ccc(C#CC2(O)CCCCC2)c(C)c1)c1ccc(-c2ccc(CC(=O)O)cc2)c(C)c1. The number of hydrogen-bond acceptors (Lipinski definition) is 2. The van der Waals surface area contributed by atoms with Gasteiger partial charge in [-0.25, -0.2) is 0 Å². The standard InChI is InChI=1S/C35H40O3/c1-5-35(6-2,30-15-14-28(25(3)22-30)18-21-34(38)19-8-7-9-20-34)31-16-17-32(26(4)23-31)29-12-10-27(11-13-29)24-33(36)37/h10-17,22-23,38H,5-9,19-20,24H2,1-4H3,(H,36,37). The molecule has 3 nitrogen and oxygen atoms in total. The van der Waals surface area contributed by atoms with Crippen molar-refractivity contribution >= 4 is 5.97 Å². The van der Waals surface area contributed by atoms with Crippen molar-refractivity contribution in [3.63, 3.8) is 0 Å². The fourth-order valence-electron chi connectivity index (χ4n) is 6.04. The largest absolute Gasteiger partial charge is 0.481 e. The van der Waals surface area contributed by atoms with Crippen LogP contribution >= 0.6 is 0 Å². The van der Waals surface area contributed by atoms with Crippen molar-refractivity contribution < 1.29 is 15.0 Å². The highest BCUT2D eigenvalue weighted by Crippen LogP contribution is 2.41. The molecule has 0 aromatic heterocycles. The predicted molar refractivity (Wildman–Crippen MR) is 155 cm³/mol. The molecule has 3 aromatic carbocycles. The maximum absolute atomic E-state index is 11.0. The third-order valence-corrected chi connectivity index (χ3v) is 8.50. The average Bonchev–Trinajstić information content (AvgIpc) is 2.90. The molecule has 0 unspecified atom stereocenters. The van der Waals surface area contributed by atoms with Gasteiger partial charge in [-0.05, 0) is 97.4 Å². The van der Waals surface area contributed by atoms with Crippen LogP contribution in [0.5, 0.6) is 0 Å². The minimum Gasteiger partial charge on any atom is -0.481 e. The first kappa shape index (κ1) is 27.7. The first-order valence-electron chi connectivity index (χ1n) is 14.0. The summed E-state index contributed by atoms with van der Waals surface area (Å²) < 4.78 is 0. The number of hydrogen-bond donors (Lipinski definition) is 2. The van der Waals surface area contributed by atoms with Crippen LogP contribution in [0.2, 0.25) is 0 Å². The van der Waals surface area contributed by atoms with Crippen molar-refractivity contribution in [3.05, 3.63) is 94.0 Å². The Hall–Kier alpha value is -3.35. The minimum absolute atomic E-state index is 0.0401. The first-order valence-corrected chi connectivity index (χ1v) is 14.0. The van der Waals surface area contributed by atoms with Gasteiger partial charge in [-0.3, -0.25) is 4.79 Å². The molecule has 38 heavy (non-hydrogen) atoms. The molecule has 3 heteroatoms. The average molecular weight is 509 g/mol. The topological polar surface area (TPSA) is 57.5 Å². The molecule has 1 aliphatic rings. The quantitative estimate of drug-likeness (QED) is 0.321. The summed E-state index contributed by atoms with van der Waals surface area (Å²) in [6.07, 6.45) is 6.83. The molecule has 4 rings (SSSR count). The molecule has 1 saturated carbocycles. The third-order valence-electron chi connectivity index (χ3n) is 8.50. The number of aliphatic carboxylic acids is 1.